The molecule has 1 N–H and O–H groups in total. The molecule has 3 aromatic rings. The molecule has 2 saturated heterocycles. The van der Waals surface area contributed by atoms with Crippen molar-refractivity contribution in [2.75, 3.05) is 27.2 Å². The maximum atomic E-state index is 14.4. The van der Waals surface area contributed by atoms with Gasteiger partial charge in [-0.05, 0) is 107 Å². The van der Waals surface area contributed by atoms with E-state index < -0.39 is 26.6 Å². The number of aromatic nitrogens is 1. The number of ether oxygens (including phenoxy) is 1. The lowest BCUT2D eigenvalue weighted by Crippen LogP contribution is -2.71. The van der Waals surface area contributed by atoms with Crippen LogP contribution in [-0.4, -0.2) is 79.2 Å². The van der Waals surface area contributed by atoms with Crippen molar-refractivity contribution in [2.24, 2.45) is 5.41 Å². The lowest BCUT2D eigenvalue weighted by atomic mass is 9.81. The monoisotopic (exact) mass is 688 g/mol. The summed E-state index contributed by atoms with van der Waals surface area (Å²) in [5, 5.41) is 0.539. The molecule has 10 heteroatoms. The smallest absolute Gasteiger partial charge is 0.264 e. The minimum atomic E-state index is -3.78. The summed E-state index contributed by atoms with van der Waals surface area (Å²) in [7, 11) is 0.0266. The normalized spacial score (nSPS) is 22.3. The van der Waals surface area contributed by atoms with Crippen LogP contribution in [-0.2, 0) is 21.4 Å². The number of sulfonamides is 1. The third-order valence-corrected chi connectivity index (χ3v) is 13.6. The summed E-state index contributed by atoms with van der Waals surface area (Å²) in [4.78, 5) is 32.5. The largest absolute Gasteiger partial charge is 0.497 e. The SMILES string of the molecule is COc1ccc(-c2c(C3CCCCC3)c3ccc(C(=O)NS(=O)(=O)C4CCCC4)cc3n2CC(C)(C)C(=O)N2C3CC2CN(C)C3)c(C)c1. The summed E-state index contributed by atoms with van der Waals surface area (Å²) >= 11 is 0. The summed E-state index contributed by atoms with van der Waals surface area (Å²) in [6, 6.07) is 12.3. The van der Waals surface area contributed by atoms with Gasteiger partial charge in [-0.15, -0.1) is 0 Å². The Morgan fingerprint density at radius 2 is 1.61 bits per heavy atom. The number of likely N-dealkylation sites (N-methyl/N-ethyl adjacent to an activating group) is 1. The molecule has 264 valence electrons. The van der Waals surface area contributed by atoms with E-state index in [1.54, 1.807) is 13.2 Å². The van der Waals surface area contributed by atoms with Gasteiger partial charge in [0.05, 0.1) is 23.5 Å². The van der Waals surface area contributed by atoms with Gasteiger partial charge < -0.3 is 19.1 Å². The Hall–Kier alpha value is -3.37. The minimum Gasteiger partial charge on any atom is -0.497 e. The van der Waals surface area contributed by atoms with E-state index in [9.17, 15) is 18.0 Å². The molecule has 3 heterocycles. The molecular weight excluding hydrogens is 637 g/mol. The predicted molar refractivity (Wildman–Crippen MR) is 193 cm³/mol. The molecule has 2 unspecified atom stereocenters. The summed E-state index contributed by atoms with van der Waals surface area (Å²) in [5.41, 5.74) is 4.94. The number of piperazine rings is 1. The van der Waals surface area contributed by atoms with Crippen LogP contribution in [0.4, 0.5) is 0 Å². The second kappa shape index (κ2) is 13.1. The number of hydrogen-bond acceptors (Lipinski definition) is 6. The number of amides is 2. The average molecular weight is 689 g/mol. The standard InChI is InChI=1S/C39H52N4O5S/c1-25-19-30(48-5)16-18-32(25)36-35(26-11-7-6-8-12-26)33-17-15-27(37(44)40-49(46,47)31-13-9-10-14-31)20-34(33)42(36)24-39(2,3)38(45)43-28-21-29(43)23-41(4)22-28/h15-20,26,28-29,31H,6-14,21-24H2,1-5H3,(H,40,44). The van der Waals surface area contributed by atoms with Gasteiger partial charge in [0, 0.05) is 53.7 Å². The Labute approximate surface area is 291 Å². The number of nitrogens with zero attached hydrogens (tertiary/aromatic N) is 3. The van der Waals surface area contributed by atoms with Crippen molar-refractivity contribution in [1.29, 1.82) is 0 Å². The van der Waals surface area contributed by atoms with Crippen molar-refractivity contribution in [3.8, 4) is 17.0 Å². The summed E-state index contributed by atoms with van der Waals surface area (Å²) in [5.74, 6) is 0.684. The van der Waals surface area contributed by atoms with Crippen LogP contribution in [0.5, 0.6) is 5.75 Å². The Kier molecular flexibility index (Phi) is 9.09. The van der Waals surface area contributed by atoms with Crippen molar-refractivity contribution in [3.05, 3.63) is 53.1 Å². The molecule has 7 rings (SSSR count). The lowest BCUT2D eigenvalue weighted by Gasteiger charge is -2.57. The highest BCUT2D eigenvalue weighted by Gasteiger charge is 2.50. The summed E-state index contributed by atoms with van der Waals surface area (Å²) < 4.78 is 36.6. The third-order valence-electron chi connectivity index (χ3n) is 11.8. The second-order valence-electron chi connectivity index (χ2n) is 15.8. The number of likely N-dealkylation sites (tertiary alicyclic amines) is 2. The highest BCUT2D eigenvalue weighted by atomic mass is 32.2. The van der Waals surface area contributed by atoms with Crippen LogP contribution in [0.3, 0.4) is 0 Å². The summed E-state index contributed by atoms with van der Waals surface area (Å²) in [6.07, 6.45) is 9.65. The molecule has 4 aliphatic rings. The fraction of sp³-hybridized carbons (Fsp3) is 0.590. The Bertz CT molecular complexity index is 1860. The van der Waals surface area contributed by atoms with Crippen LogP contribution >= 0.6 is 0 Å². The predicted octanol–water partition coefficient (Wildman–Crippen LogP) is 6.62. The van der Waals surface area contributed by atoms with Gasteiger partial charge in [0.25, 0.3) is 5.91 Å². The molecule has 4 fully saturated rings. The number of benzene rings is 2. The molecule has 2 atom stereocenters. The van der Waals surface area contributed by atoms with E-state index in [0.29, 0.717) is 30.9 Å². The first-order valence-electron chi connectivity index (χ1n) is 18.3. The van der Waals surface area contributed by atoms with E-state index >= 15 is 0 Å². The Balaban J connectivity index is 1.37. The number of piperidine rings is 1. The molecule has 0 spiro atoms. The molecule has 2 amide bonds. The van der Waals surface area contributed by atoms with E-state index in [1.807, 2.05) is 18.2 Å². The number of carbonyl (C=O) groups excluding carboxylic acids is 2. The first-order chi connectivity index (χ1) is 23.4. The van der Waals surface area contributed by atoms with E-state index in [1.165, 1.54) is 12.0 Å². The van der Waals surface area contributed by atoms with Gasteiger partial charge in [-0.25, -0.2) is 13.1 Å². The van der Waals surface area contributed by atoms with Crippen molar-refractivity contribution in [1.82, 2.24) is 19.1 Å². The Morgan fingerprint density at radius 1 is 0.939 bits per heavy atom. The fourth-order valence-electron chi connectivity index (χ4n) is 9.24. The first-order valence-corrected chi connectivity index (χ1v) is 19.8. The van der Waals surface area contributed by atoms with Crippen molar-refractivity contribution < 1.29 is 22.7 Å². The van der Waals surface area contributed by atoms with Crippen LogP contribution in [0, 0.1) is 12.3 Å². The van der Waals surface area contributed by atoms with Crippen LogP contribution in [0.15, 0.2) is 36.4 Å². The van der Waals surface area contributed by atoms with Crippen LogP contribution < -0.4 is 9.46 Å². The number of carbonyl (C=O) groups is 2. The van der Waals surface area contributed by atoms with Crippen LogP contribution in [0.25, 0.3) is 22.2 Å². The molecule has 2 aliphatic carbocycles. The number of aryl methyl sites for hydroxylation is 1. The molecule has 2 aromatic carbocycles. The quantitative estimate of drug-likeness (QED) is 0.272. The highest BCUT2D eigenvalue weighted by Crippen LogP contribution is 2.47. The molecule has 1 aromatic heterocycles. The molecule has 2 bridgehead atoms. The highest BCUT2D eigenvalue weighted by molar-refractivity contribution is 7.90. The van der Waals surface area contributed by atoms with Crippen LogP contribution in [0.1, 0.15) is 105 Å². The van der Waals surface area contributed by atoms with Gasteiger partial charge in [-0.2, -0.15) is 0 Å². The second-order valence-corrected chi connectivity index (χ2v) is 17.8. The number of hydrogen-bond donors (Lipinski definition) is 1. The molecule has 2 aliphatic heterocycles. The number of nitrogens with one attached hydrogen (secondary N) is 1. The lowest BCUT2D eigenvalue weighted by molar-refractivity contribution is -0.163. The van der Waals surface area contributed by atoms with Gasteiger partial charge >= 0.3 is 0 Å². The maximum Gasteiger partial charge on any atom is 0.264 e. The van der Waals surface area contributed by atoms with E-state index in [4.69, 9.17) is 4.74 Å². The van der Waals surface area contributed by atoms with Gasteiger partial charge in [0.15, 0.2) is 0 Å². The minimum absolute atomic E-state index is 0.164. The zero-order valence-corrected chi connectivity index (χ0v) is 30.6. The van der Waals surface area contributed by atoms with Gasteiger partial charge in [-0.1, -0.05) is 38.2 Å². The van der Waals surface area contributed by atoms with Crippen molar-refractivity contribution in [3.63, 3.8) is 0 Å². The summed E-state index contributed by atoms with van der Waals surface area (Å²) in [6.45, 7) is 8.42. The maximum absolute atomic E-state index is 14.4. The van der Waals surface area contributed by atoms with Gasteiger partial charge in [0.2, 0.25) is 15.9 Å². The zero-order valence-electron chi connectivity index (χ0n) is 29.8. The molecule has 0 radical (unpaired) electrons. The number of methoxy groups -OCH3 is 1. The first kappa shape index (κ1) is 34.1. The van der Waals surface area contributed by atoms with E-state index in [0.717, 1.165) is 91.5 Å². The van der Waals surface area contributed by atoms with Crippen molar-refractivity contribution >= 4 is 32.7 Å². The number of rotatable bonds is 9. The zero-order chi connectivity index (χ0) is 34.7. The van der Waals surface area contributed by atoms with Gasteiger partial charge in [0.1, 0.15) is 5.75 Å². The van der Waals surface area contributed by atoms with Gasteiger partial charge in [-0.3, -0.25) is 9.59 Å². The molecule has 2 saturated carbocycles. The fourth-order valence-corrected chi connectivity index (χ4v) is 10.7. The Morgan fingerprint density at radius 3 is 2.27 bits per heavy atom. The average Bonchev–Trinajstić information content (AvgIpc) is 3.72. The van der Waals surface area contributed by atoms with Crippen molar-refractivity contribution in [2.45, 2.75) is 115 Å². The topological polar surface area (TPSA) is 101 Å². The van der Waals surface area contributed by atoms with E-state index in [2.05, 4.69) is 59.0 Å². The van der Waals surface area contributed by atoms with Crippen LogP contribution in [0.2, 0.25) is 0 Å². The third kappa shape index (κ3) is 6.28. The van der Waals surface area contributed by atoms with E-state index in [-0.39, 0.29) is 18.0 Å². The molecule has 9 nitrogen and oxygen atoms in total. The molecule has 49 heavy (non-hydrogen) atoms. The molecular formula is C39H52N4O5S. The number of fused-ring (bicyclic) bond motifs is 3.